The summed E-state index contributed by atoms with van der Waals surface area (Å²) in [5.74, 6) is 0.127. The first-order valence-corrected chi connectivity index (χ1v) is 11.5. The SMILES string of the molecule is CC(C)Oc1ccc(S(=O)(=O)N2CCOCC2)cc1NC(=O)Cc1ccc(Cl)cc1. The fourth-order valence-corrected chi connectivity index (χ4v) is 4.60. The molecule has 0 radical (unpaired) electrons. The third-order valence-corrected chi connectivity index (χ3v) is 6.62. The molecule has 2 aromatic carbocycles. The molecule has 1 aliphatic heterocycles. The van der Waals surface area contributed by atoms with E-state index in [9.17, 15) is 13.2 Å². The van der Waals surface area contributed by atoms with Crippen LogP contribution in [0.2, 0.25) is 5.02 Å². The minimum absolute atomic E-state index is 0.0994. The van der Waals surface area contributed by atoms with Gasteiger partial charge in [-0.1, -0.05) is 23.7 Å². The highest BCUT2D eigenvalue weighted by Crippen LogP contribution is 2.30. The van der Waals surface area contributed by atoms with Crippen molar-refractivity contribution in [2.75, 3.05) is 31.6 Å². The minimum Gasteiger partial charge on any atom is -0.489 e. The van der Waals surface area contributed by atoms with Gasteiger partial charge >= 0.3 is 0 Å². The van der Waals surface area contributed by atoms with Crippen molar-refractivity contribution in [3.8, 4) is 5.75 Å². The molecule has 9 heteroatoms. The van der Waals surface area contributed by atoms with E-state index in [1.54, 1.807) is 30.3 Å². The predicted octanol–water partition coefficient (Wildman–Crippen LogP) is 3.33. The summed E-state index contributed by atoms with van der Waals surface area (Å²) in [7, 11) is -3.70. The minimum atomic E-state index is -3.70. The molecule has 1 saturated heterocycles. The molecular formula is C21H25ClN2O5S. The van der Waals surface area contributed by atoms with Crippen LogP contribution in [0, 0.1) is 0 Å². The molecule has 0 spiro atoms. The Morgan fingerprint density at radius 3 is 2.47 bits per heavy atom. The van der Waals surface area contributed by atoms with Crippen LogP contribution in [0.4, 0.5) is 5.69 Å². The number of ether oxygens (including phenoxy) is 2. The van der Waals surface area contributed by atoms with Crippen molar-refractivity contribution in [2.45, 2.75) is 31.3 Å². The maximum Gasteiger partial charge on any atom is 0.243 e. The van der Waals surface area contributed by atoms with E-state index in [4.69, 9.17) is 21.1 Å². The molecule has 0 bridgehead atoms. The van der Waals surface area contributed by atoms with Gasteiger partial charge < -0.3 is 14.8 Å². The highest BCUT2D eigenvalue weighted by molar-refractivity contribution is 7.89. The van der Waals surface area contributed by atoms with Gasteiger partial charge in [-0.2, -0.15) is 4.31 Å². The lowest BCUT2D eigenvalue weighted by Gasteiger charge is -2.26. The summed E-state index contributed by atoms with van der Waals surface area (Å²) in [4.78, 5) is 12.7. The average Bonchev–Trinajstić information content (AvgIpc) is 2.71. The Balaban J connectivity index is 1.85. The fourth-order valence-electron chi connectivity index (χ4n) is 3.04. The van der Waals surface area contributed by atoms with Gasteiger partial charge in [0.25, 0.3) is 0 Å². The Hall–Kier alpha value is -2.13. The number of nitrogens with zero attached hydrogens (tertiary/aromatic N) is 1. The number of sulfonamides is 1. The molecule has 2 aromatic rings. The fraction of sp³-hybridized carbons (Fsp3) is 0.381. The molecule has 1 aliphatic rings. The number of benzene rings is 2. The molecule has 1 fully saturated rings. The highest BCUT2D eigenvalue weighted by atomic mass is 35.5. The summed E-state index contributed by atoms with van der Waals surface area (Å²) in [5.41, 5.74) is 1.11. The van der Waals surface area contributed by atoms with E-state index in [2.05, 4.69) is 5.32 Å². The maximum atomic E-state index is 13.0. The molecule has 0 atom stereocenters. The summed E-state index contributed by atoms with van der Waals surface area (Å²) in [6.45, 7) is 5.03. The molecule has 0 unspecified atom stereocenters. The van der Waals surface area contributed by atoms with E-state index in [1.165, 1.54) is 16.4 Å². The Labute approximate surface area is 182 Å². The van der Waals surface area contributed by atoms with E-state index in [0.29, 0.717) is 42.8 Å². The summed E-state index contributed by atoms with van der Waals surface area (Å²) in [6, 6.07) is 11.5. The summed E-state index contributed by atoms with van der Waals surface area (Å²) in [6.07, 6.45) is -0.0164. The van der Waals surface area contributed by atoms with Crippen LogP contribution in [-0.4, -0.2) is 51.0 Å². The molecule has 1 amide bonds. The smallest absolute Gasteiger partial charge is 0.243 e. The van der Waals surface area contributed by atoms with Crippen LogP contribution < -0.4 is 10.1 Å². The largest absolute Gasteiger partial charge is 0.489 e. The third-order valence-electron chi connectivity index (χ3n) is 4.47. The zero-order valence-electron chi connectivity index (χ0n) is 16.9. The molecule has 3 rings (SSSR count). The summed E-state index contributed by atoms with van der Waals surface area (Å²) >= 11 is 5.89. The van der Waals surface area contributed by atoms with Gasteiger partial charge in [0.05, 0.1) is 36.3 Å². The van der Waals surface area contributed by atoms with Crippen molar-refractivity contribution in [2.24, 2.45) is 0 Å². The maximum absolute atomic E-state index is 13.0. The molecular weight excluding hydrogens is 428 g/mol. The number of carbonyl (C=O) groups is 1. The van der Waals surface area contributed by atoms with Gasteiger partial charge in [0.1, 0.15) is 5.75 Å². The first-order valence-electron chi connectivity index (χ1n) is 9.68. The van der Waals surface area contributed by atoms with Gasteiger partial charge in [-0.05, 0) is 49.7 Å². The zero-order valence-corrected chi connectivity index (χ0v) is 18.5. The van der Waals surface area contributed by atoms with Crippen molar-refractivity contribution < 1.29 is 22.7 Å². The van der Waals surface area contributed by atoms with E-state index < -0.39 is 10.0 Å². The third kappa shape index (κ3) is 5.72. The predicted molar refractivity (Wildman–Crippen MR) is 116 cm³/mol. The van der Waals surface area contributed by atoms with Crippen LogP contribution in [0.5, 0.6) is 5.75 Å². The van der Waals surface area contributed by atoms with Crippen LogP contribution in [0.25, 0.3) is 0 Å². The Bertz CT molecular complexity index is 987. The van der Waals surface area contributed by atoms with E-state index >= 15 is 0 Å². The average molecular weight is 453 g/mol. The van der Waals surface area contributed by atoms with Crippen LogP contribution in [0.1, 0.15) is 19.4 Å². The number of hydrogen-bond acceptors (Lipinski definition) is 5. The van der Waals surface area contributed by atoms with Gasteiger partial charge in [-0.3, -0.25) is 4.79 Å². The van der Waals surface area contributed by atoms with Crippen molar-refractivity contribution in [3.63, 3.8) is 0 Å². The molecule has 0 aliphatic carbocycles. The molecule has 30 heavy (non-hydrogen) atoms. The lowest BCUT2D eigenvalue weighted by atomic mass is 10.1. The number of nitrogens with one attached hydrogen (secondary N) is 1. The monoisotopic (exact) mass is 452 g/mol. The Morgan fingerprint density at radius 1 is 1.17 bits per heavy atom. The quantitative estimate of drug-likeness (QED) is 0.696. The van der Waals surface area contributed by atoms with E-state index in [0.717, 1.165) is 5.56 Å². The number of hydrogen-bond donors (Lipinski definition) is 1. The molecule has 1 heterocycles. The number of anilines is 1. The number of rotatable bonds is 7. The van der Waals surface area contributed by atoms with Crippen LogP contribution in [-0.2, 0) is 26.0 Å². The highest BCUT2D eigenvalue weighted by Gasteiger charge is 2.27. The Morgan fingerprint density at radius 2 is 1.83 bits per heavy atom. The normalized spacial score (nSPS) is 15.2. The van der Waals surface area contributed by atoms with Crippen LogP contribution in [0.15, 0.2) is 47.4 Å². The number of halogens is 1. The van der Waals surface area contributed by atoms with Crippen molar-refractivity contribution in [1.29, 1.82) is 0 Å². The van der Waals surface area contributed by atoms with Gasteiger partial charge in [-0.25, -0.2) is 8.42 Å². The van der Waals surface area contributed by atoms with Crippen molar-refractivity contribution >= 4 is 33.2 Å². The van der Waals surface area contributed by atoms with Crippen LogP contribution in [0.3, 0.4) is 0 Å². The molecule has 162 valence electrons. The summed E-state index contributed by atoms with van der Waals surface area (Å²) < 4.78 is 38.4. The van der Waals surface area contributed by atoms with Gasteiger partial charge in [0.2, 0.25) is 15.9 Å². The van der Waals surface area contributed by atoms with E-state index in [1.807, 2.05) is 13.8 Å². The molecule has 1 N–H and O–H groups in total. The molecule has 0 saturated carbocycles. The van der Waals surface area contributed by atoms with Crippen molar-refractivity contribution in [1.82, 2.24) is 4.31 Å². The van der Waals surface area contributed by atoms with Gasteiger partial charge in [0, 0.05) is 18.1 Å². The topological polar surface area (TPSA) is 84.9 Å². The van der Waals surface area contributed by atoms with Crippen LogP contribution >= 0.6 is 11.6 Å². The van der Waals surface area contributed by atoms with Crippen molar-refractivity contribution in [3.05, 3.63) is 53.1 Å². The van der Waals surface area contributed by atoms with E-state index in [-0.39, 0.29) is 23.3 Å². The standard InChI is InChI=1S/C21H25ClN2O5S/c1-15(2)29-20-8-7-18(30(26,27)24-9-11-28-12-10-24)14-19(20)23-21(25)13-16-3-5-17(22)6-4-16/h3-8,14-15H,9-13H2,1-2H3,(H,23,25). The summed E-state index contributed by atoms with van der Waals surface area (Å²) in [5, 5.41) is 3.38. The molecule has 0 aromatic heterocycles. The molecule has 7 nitrogen and oxygen atoms in total. The lowest BCUT2D eigenvalue weighted by molar-refractivity contribution is -0.115. The first kappa shape index (κ1) is 22.6. The zero-order chi connectivity index (χ0) is 21.7. The number of amides is 1. The first-order chi connectivity index (χ1) is 14.3. The lowest BCUT2D eigenvalue weighted by Crippen LogP contribution is -2.40. The second-order valence-electron chi connectivity index (χ2n) is 7.19. The van der Waals surface area contributed by atoms with Gasteiger partial charge in [0.15, 0.2) is 0 Å². The number of carbonyl (C=O) groups excluding carboxylic acids is 1. The number of morpholine rings is 1. The second kappa shape index (κ2) is 9.78. The van der Waals surface area contributed by atoms with Gasteiger partial charge in [-0.15, -0.1) is 0 Å². The Kier molecular flexibility index (Phi) is 7.36. The second-order valence-corrected chi connectivity index (χ2v) is 9.57.